The van der Waals surface area contributed by atoms with Crippen LogP contribution in [0.25, 0.3) is 27.5 Å². The molecule has 2 aromatic heterocycles. The fraction of sp³-hybridized carbons (Fsp3) is 0.286. The van der Waals surface area contributed by atoms with Crippen LogP contribution in [0.5, 0.6) is 0 Å². The third-order valence-electron chi connectivity index (χ3n) is 6.72. The van der Waals surface area contributed by atoms with Crippen molar-refractivity contribution in [3.63, 3.8) is 0 Å². The Morgan fingerprint density at radius 3 is 2.56 bits per heavy atom. The number of amidine groups is 1. The van der Waals surface area contributed by atoms with Gasteiger partial charge in [-0.2, -0.15) is 9.61 Å². The summed E-state index contributed by atoms with van der Waals surface area (Å²) in [6.07, 6.45) is 3.20. The molecular formula is C28H31FN8O2. The molecule has 5 N–H and O–H groups in total. The molecule has 4 aromatic rings. The molecule has 4 rings (SSSR count). The molecule has 1 atom stereocenters. The van der Waals surface area contributed by atoms with Crippen LogP contribution in [-0.4, -0.2) is 55.4 Å². The highest BCUT2D eigenvalue weighted by atomic mass is 19.1. The number of benzene rings is 2. The first-order valence-electron chi connectivity index (χ1n) is 12.6. The number of aryl methyl sites for hydroxylation is 1. The smallest absolute Gasteiger partial charge is 0.289 e. The van der Waals surface area contributed by atoms with Gasteiger partial charge in [0.15, 0.2) is 17.3 Å². The third-order valence-corrected chi connectivity index (χ3v) is 6.72. The van der Waals surface area contributed by atoms with Gasteiger partial charge >= 0.3 is 0 Å². The topological polar surface area (TPSA) is 153 Å². The summed E-state index contributed by atoms with van der Waals surface area (Å²) in [5.74, 6) is -1.33. The molecule has 0 aliphatic rings. The van der Waals surface area contributed by atoms with E-state index in [9.17, 15) is 14.0 Å². The quantitative estimate of drug-likeness (QED) is 0.152. The molecule has 0 bridgehead atoms. The zero-order valence-electron chi connectivity index (χ0n) is 22.2. The van der Waals surface area contributed by atoms with Gasteiger partial charge in [0.1, 0.15) is 11.6 Å². The van der Waals surface area contributed by atoms with E-state index in [-0.39, 0.29) is 35.1 Å². The summed E-state index contributed by atoms with van der Waals surface area (Å²) in [6.45, 7) is 6.98. The van der Waals surface area contributed by atoms with Crippen molar-refractivity contribution in [1.82, 2.24) is 24.8 Å². The number of Topliss-reactive ketones (excluding diaryl/α,β-unsaturated/α-hetero) is 1. The molecule has 1 amide bonds. The van der Waals surface area contributed by atoms with Crippen LogP contribution in [0.4, 0.5) is 10.2 Å². The number of anilines is 1. The molecule has 0 fully saturated rings. The molecule has 0 saturated carbocycles. The van der Waals surface area contributed by atoms with E-state index in [1.165, 1.54) is 23.6 Å². The zero-order chi connectivity index (χ0) is 28.4. The number of hydrogen-bond acceptors (Lipinski definition) is 7. The highest BCUT2D eigenvalue weighted by Crippen LogP contribution is 2.30. The molecule has 0 aliphatic heterocycles. The monoisotopic (exact) mass is 530 g/mol. The van der Waals surface area contributed by atoms with Crippen molar-refractivity contribution in [2.75, 3.05) is 5.73 Å². The molecule has 10 nitrogen and oxygen atoms in total. The van der Waals surface area contributed by atoms with Crippen LogP contribution < -0.4 is 11.1 Å². The van der Waals surface area contributed by atoms with E-state index < -0.39 is 11.7 Å². The van der Waals surface area contributed by atoms with Gasteiger partial charge in [-0.1, -0.05) is 18.2 Å². The molecule has 2 heterocycles. The number of fused-ring (bicyclic) bond motifs is 2. The van der Waals surface area contributed by atoms with Crippen LogP contribution in [0, 0.1) is 16.6 Å². The normalized spacial score (nSPS) is 12.1. The van der Waals surface area contributed by atoms with Crippen LogP contribution >= 0.6 is 0 Å². The number of nitrogen functional groups attached to an aromatic ring is 1. The maximum atomic E-state index is 13.9. The van der Waals surface area contributed by atoms with Crippen LogP contribution in [0.3, 0.4) is 0 Å². The number of nitrogens with zero attached hydrogens (tertiary/aromatic N) is 4. The minimum atomic E-state index is -0.526. The van der Waals surface area contributed by atoms with E-state index in [2.05, 4.69) is 10.4 Å². The average molecular weight is 531 g/mol. The van der Waals surface area contributed by atoms with Crippen molar-refractivity contribution < 1.29 is 14.0 Å². The van der Waals surface area contributed by atoms with Gasteiger partial charge in [-0.05, 0) is 75.1 Å². The first kappa shape index (κ1) is 27.4. The minimum absolute atomic E-state index is 0.169. The van der Waals surface area contributed by atoms with Gasteiger partial charge in [-0.3, -0.25) is 20.4 Å². The van der Waals surface area contributed by atoms with Crippen molar-refractivity contribution >= 4 is 46.1 Å². The lowest BCUT2D eigenvalue weighted by Gasteiger charge is -2.33. The molecular weight excluding hydrogens is 499 g/mol. The largest absolute Gasteiger partial charge is 0.383 e. The fourth-order valence-electron chi connectivity index (χ4n) is 4.91. The van der Waals surface area contributed by atoms with Crippen LogP contribution in [0.1, 0.15) is 50.2 Å². The van der Waals surface area contributed by atoms with Crippen molar-refractivity contribution in [3.8, 4) is 11.1 Å². The van der Waals surface area contributed by atoms with Gasteiger partial charge in [-0.15, -0.1) is 0 Å². The number of hydrogen-bond donors (Lipinski definition) is 4. The number of rotatable bonds is 8. The van der Waals surface area contributed by atoms with Gasteiger partial charge in [0.2, 0.25) is 0 Å². The number of nitrogens with two attached hydrogens (primary N) is 1. The number of nitrogens with one attached hydrogen (secondary N) is 3. The molecule has 0 saturated heterocycles. The number of carbonyl (C=O) groups is 2. The van der Waals surface area contributed by atoms with Crippen molar-refractivity contribution in [2.45, 2.75) is 52.6 Å². The molecule has 0 radical (unpaired) electrons. The molecule has 202 valence electrons. The van der Waals surface area contributed by atoms with E-state index in [0.29, 0.717) is 29.7 Å². The predicted molar refractivity (Wildman–Crippen MR) is 150 cm³/mol. The number of halogens is 1. The maximum Gasteiger partial charge on any atom is 0.289 e. The molecule has 11 heteroatoms. The molecule has 2 aromatic carbocycles. The lowest BCUT2D eigenvalue weighted by Crippen LogP contribution is -2.49. The van der Waals surface area contributed by atoms with Crippen molar-refractivity contribution in [3.05, 3.63) is 59.7 Å². The Morgan fingerprint density at radius 2 is 1.90 bits per heavy atom. The highest BCUT2D eigenvalue weighted by molar-refractivity contribution is 6.38. The van der Waals surface area contributed by atoms with Gasteiger partial charge in [0.05, 0.1) is 23.8 Å². The number of aromatic nitrogens is 3. The molecule has 39 heavy (non-hydrogen) atoms. The van der Waals surface area contributed by atoms with Crippen molar-refractivity contribution in [2.24, 2.45) is 0 Å². The SMILES string of the molecule is CC(=O)c1c(CCC(C)N(C(=O)C(=N)NC=N)C(C)C)nc2c(-c3ccc4ccc(F)cc4c3)cnn2c1N. The number of ketones is 1. The second-order valence-corrected chi connectivity index (χ2v) is 9.73. The second-order valence-electron chi connectivity index (χ2n) is 9.73. The zero-order valence-corrected chi connectivity index (χ0v) is 22.2. The van der Waals surface area contributed by atoms with E-state index in [1.807, 2.05) is 39.0 Å². The summed E-state index contributed by atoms with van der Waals surface area (Å²) >= 11 is 0. The Morgan fingerprint density at radius 1 is 1.18 bits per heavy atom. The van der Waals surface area contributed by atoms with E-state index in [0.717, 1.165) is 22.7 Å². The maximum absolute atomic E-state index is 13.9. The average Bonchev–Trinajstić information content (AvgIpc) is 3.31. The summed E-state index contributed by atoms with van der Waals surface area (Å²) in [4.78, 5) is 31.8. The van der Waals surface area contributed by atoms with Gasteiger partial charge in [-0.25, -0.2) is 9.37 Å². The fourth-order valence-corrected chi connectivity index (χ4v) is 4.91. The van der Waals surface area contributed by atoms with E-state index >= 15 is 0 Å². The summed E-state index contributed by atoms with van der Waals surface area (Å²) in [5, 5.41) is 23.4. The van der Waals surface area contributed by atoms with Gasteiger partial charge in [0, 0.05) is 17.6 Å². The Kier molecular flexibility index (Phi) is 7.70. The van der Waals surface area contributed by atoms with E-state index in [1.54, 1.807) is 17.2 Å². The molecule has 0 aliphatic carbocycles. The van der Waals surface area contributed by atoms with Crippen LogP contribution in [0.15, 0.2) is 42.6 Å². The lowest BCUT2D eigenvalue weighted by molar-refractivity contribution is -0.128. The second kappa shape index (κ2) is 11.0. The van der Waals surface area contributed by atoms with Gasteiger partial charge in [0.25, 0.3) is 5.91 Å². The summed E-state index contributed by atoms with van der Waals surface area (Å²) in [7, 11) is 0. The summed E-state index contributed by atoms with van der Waals surface area (Å²) in [5.41, 5.74) is 9.10. The van der Waals surface area contributed by atoms with Crippen molar-refractivity contribution in [1.29, 1.82) is 10.8 Å². The number of amides is 1. The van der Waals surface area contributed by atoms with E-state index in [4.69, 9.17) is 21.5 Å². The Hall–Kier alpha value is -4.67. The Balaban J connectivity index is 1.73. The first-order valence-corrected chi connectivity index (χ1v) is 12.6. The third kappa shape index (κ3) is 5.33. The Bertz CT molecular complexity index is 1610. The van der Waals surface area contributed by atoms with Crippen LogP contribution in [0.2, 0.25) is 0 Å². The number of carbonyl (C=O) groups excluding carboxylic acids is 2. The molecule has 0 spiro atoms. The lowest BCUT2D eigenvalue weighted by atomic mass is 10.0. The standard InChI is InChI=1S/C28H31FN8O2/c1-15(2)36(28(39)25(31)33-14-30)16(3)5-10-23-24(17(4)38)26(32)37-27(35-23)22(13-34-37)19-7-6-18-8-9-21(29)12-20(18)11-19/h6-9,11-16H,5,10,32H2,1-4H3,(H3,30,31,33). The predicted octanol–water partition coefficient (Wildman–Crippen LogP) is 4.21. The minimum Gasteiger partial charge on any atom is -0.383 e. The summed E-state index contributed by atoms with van der Waals surface area (Å²) in [6, 6.07) is 9.75. The summed E-state index contributed by atoms with van der Waals surface area (Å²) < 4.78 is 15.3. The van der Waals surface area contributed by atoms with Crippen LogP contribution in [-0.2, 0) is 11.2 Å². The Labute approximate surface area is 225 Å². The van der Waals surface area contributed by atoms with Gasteiger partial charge < -0.3 is 16.0 Å². The highest BCUT2D eigenvalue weighted by Gasteiger charge is 2.27. The first-order chi connectivity index (χ1) is 18.5. The molecule has 1 unspecified atom stereocenters.